The van der Waals surface area contributed by atoms with Gasteiger partial charge >= 0.3 is 0 Å². The smallest absolute Gasteiger partial charge is 0.122 e. The maximum Gasteiger partial charge on any atom is 0.122 e. The van der Waals surface area contributed by atoms with Crippen LogP contribution in [0, 0.1) is 13.8 Å². The lowest BCUT2D eigenvalue weighted by Gasteiger charge is -2.17. The highest BCUT2D eigenvalue weighted by Crippen LogP contribution is 2.18. The van der Waals surface area contributed by atoms with Gasteiger partial charge in [0.2, 0.25) is 0 Å². The van der Waals surface area contributed by atoms with Crippen LogP contribution in [0.2, 0.25) is 0 Å². The maximum absolute atomic E-state index is 9.81. The minimum atomic E-state index is -0.472. The molecule has 102 valence electrons. The Balaban J connectivity index is 2.35. The lowest BCUT2D eigenvalue weighted by atomic mass is 10.1. The number of hydrogen-bond donors (Lipinski definition) is 2. The van der Waals surface area contributed by atoms with Crippen molar-refractivity contribution in [3.63, 3.8) is 0 Å². The summed E-state index contributed by atoms with van der Waals surface area (Å²) in [6, 6.07) is 6.49. The second kappa shape index (κ2) is 7.39. The van der Waals surface area contributed by atoms with Gasteiger partial charge in [-0.3, -0.25) is 0 Å². The Morgan fingerprint density at radius 3 is 2.67 bits per heavy atom. The van der Waals surface area contributed by atoms with E-state index in [2.05, 4.69) is 32.2 Å². The molecule has 1 rings (SSSR count). The summed E-state index contributed by atoms with van der Waals surface area (Å²) in [7, 11) is 0. The zero-order valence-electron chi connectivity index (χ0n) is 11.9. The minimum absolute atomic E-state index is 0.327. The van der Waals surface area contributed by atoms with Crippen LogP contribution >= 0.6 is 0 Å². The normalized spacial score (nSPS) is 14.3. The molecule has 0 aliphatic heterocycles. The summed E-state index contributed by atoms with van der Waals surface area (Å²) in [6.07, 6.45) is 0.588. The quantitative estimate of drug-likeness (QED) is 0.782. The van der Waals surface area contributed by atoms with Gasteiger partial charge in [-0.05, 0) is 38.8 Å². The molecule has 3 nitrogen and oxygen atoms in total. The van der Waals surface area contributed by atoms with Crippen molar-refractivity contribution in [2.75, 3.05) is 13.2 Å². The molecule has 1 aromatic rings. The molecular weight excluding hydrogens is 226 g/mol. The summed E-state index contributed by atoms with van der Waals surface area (Å²) in [5.74, 6) is 0.850. The summed E-state index contributed by atoms with van der Waals surface area (Å²) in [6.45, 7) is 9.20. The van der Waals surface area contributed by atoms with Crippen molar-refractivity contribution in [1.29, 1.82) is 0 Å². The van der Waals surface area contributed by atoms with Crippen molar-refractivity contribution < 1.29 is 9.84 Å². The van der Waals surface area contributed by atoms with Crippen LogP contribution in [0.3, 0.4) is 0 Å². The molecular formula is C15H25NO2. The predicted octanol–water partition coefficient (Wildman–Crippen LogP) is 2.43. The number of aliphatic hydroxyl groups is 1. The van der Waals surface area contributed by atoms with E-state index in [1.807, 2.05) is 19.1 Å². The van der Waals surface area contributed by atoms with E-state index < -0.39 is 6.10 Å². The first kappa shape index (κ1) is 15.0. The highest BCUT2D eigenvalue weighted by Gasteiger charge is 2.08. The number of aryl methyl sites for hydroxylation is 2. The number of hydrogen-bond acceptors (Lipinski definition) is 3. The van der Waals surface area contributed by atoms with E-state index in [4.69, 9.17) is 4.74 Å². The van der Waals surface area contributed by atoms with Crippen LogP contribution in [-0.4, -0.2) is 30.4 Å². The molecule has 0 saturated heterocycles. The van der Waals surface area contributed by atoms with Crippen molar-refractivity contribution in [2.45, 2.75) is 46.3 Å². The van der Waals surface area contributed by atoms with E-state index in [0.717, 1.165) is 17.7 Å². The first-order valence-electron chi connectivity index (χ1n) is 6.64. The lowest BCUT2D eigenvalue weighted by molar-refractivity contribution is 0.103. The molecule has 0 fully saturated rings. The molecule has 2 unspecified atom stereocenters. The first-order chi connectivity index (χ1) is 8.52. The van der Waals surface area contributed by atoms with Gasteiger partial charge in [-0.15, -0.1) is 0 Å². The van der Waals surface area contributed by atoms with Gasteiger partial charge in [-0.25, -0.2) is 0 Å². The fraction of sp³-hybridized carbons (Fsp3) is 0.600. The Bertz CT molecular complexity index is 366. The topological polar surface area (TPSA) is 41.5 Å². The van der Waals surface area contributed by atoms with E-state index in [0.29, 0.717) is 19.2 Å². The minimum Gasteiger partial charge on any atom is -0.491 e. The zero-order valence-corrected chi connectivity index (χ0v) is 11.9. The van der Waals surface area contributed by atoms with Crippen LogP contribution in [0.1, 0.15) is 31.4 Å². The Morgan fingerprint density at radius 2 is 2.06 bits per heavy atom. The van der Waals surface area contributed by atoms with Crippen molar-refractivity contribution in [3.8, 4) is 5.75 Å². The third kappa shape index (κ3) is 5.07. The van der Waals surface area contributed by atoms with Crippen LogP contribution in [0.4, 0.5) is 0 Å². The Labute approximate surface area is 110 Å². The van der Waals surface area contributed by atoms with Gasteiger partial charge in [0, 0.05) is 12.6 Å². The molecule has 0 saturated carbocycles. The second-order valence-corrected chi connectivity index (χ2v) is 4.95. The molecule has 0 bridgehead atoms. The van der Waals surface area contributed by atoms with Crippen molar-refractivity contribution >= 4 is 0 Å². The second-order valence-electron chi connectivity index (χ2n) is 4.95. The van der Waals surface area contributed by atoms with E-state index >= 15 is 0 Å². The Morgan fingerprint density at radius 1 is 1.33 bits per heavy atom. The van der Waals surface area contributed by atoms with Gasteiger partial charge in [-0.2, -0.15) is 0 Å². The van der Waals surface area contributed by atoms with Gasteiger partial charge in [-0.1, -0.05) is 24.6 Å². The van der Waals surface area contributed by atoms with Gasteiger partial charge in [0.15, 0.2) is 0 Å². The average molecular weight is 251 g/mol. The maximum atomic E-state index is 9.81. The number of rotatable bonds is 7. The fourth-order valence-electron chi connectivity index (χ4n) is 1.69. The van der Waals surface area contributed by atoms with E-state index in [1.165, 1.54) is 5.56 Å². The predicted molar refractivity (Wildman–Crippen MR) is 75.2 cm³/mol. The van der Waals surface area contributed by atoms with Gasteiger partial charge in [0.1, 0.15) is 18.5 Å². The van der Waals surface area contributed by atoms with Gasteiger partial charge in [0.25, 0.3) is 0 Å². The number of benzene rings is 1. The van der Waals surface area contributed by atoms with E-state index in [1.54, 1.807) is 0 Å². The fourth-order valence-corrected chi connectivity index (χ4v) is 1.69. The standard InChI is InChI=1S/C15H25NO2/c1-5-13(4)16-9-14(17)10-18-15-7-6-11(2)8-12(15)3/h6-8,13-14,16-17H,5,9-10H2,1-4H3. The molecule has 2 atom stereocenters. The third-order valence-electron chi connectivity index (χ3n) is 3.08. The van der Waals surface area contributed by atoms with E-state index in [9.17, 15) is 5.11 Å². The summed E-state index contributed by atoms with van der Waals surface area (Å²) in [5.41, 5.74) is 2.33. The summed E-state index contributed by atoms with van der Waals surface area (Å²) < 4.78 is 5.63. The van der Waals surface area contributed by atoms with Crippen molar-refractivity contribution in [3.05, 3.63) is 29.3 Å². The molecule has 1 aromatic carbocycles. The number of ether oxygens (including phenoxy) is 1. The van der Waals surface area contributed by atoms with Crippen LogP contribution in [0.25, 0.3) is 0 Å². The monoisotopic (exact) mass is 251 g/mol. The molecule has 2 N–H and O–H groups in total. The van der Waals surface area contributed by atoms with Crippen LogP contribution in [0.5, 0.6) is 5.75 Å². The Hall–Kier alpha value is -1.06. The molecule has 0 aliphatic rings. The molecule has 0 spiro atoms. The molecule has 18 heavy (non-hydrogen) atoms. The highest BCUT2D eigenvalue weighted by molar-refractivity contribution is 5.35. The molecule has 3 heteroatoms. The van der Waals surface area contributed by atoms with Crippen LogP contribution < -0.4 is 10.1 Å². The average Bonchev–Trinajstić information content (AvgIpc) is 2.34. The van der Waals surface area contributed by atoms with Crippen LogP contribution in [0.15, 0.2) is 18.2 Å². The van der Waals surface area contributed by atoms with Crippen LogP contribution in [-0.2, 0) is 0 Å². The molecule has 0 amide bonds. The first-order valence-corrected chi connectivity index (χ1v) is 6.64. The lowest BCUT2D eigenvalue weighted by Crippen LogP contribution is -2.36. The van der Waals surface area contributed by atoms with E-state index in [-0.39, 0.29) is 0 Å². The zero-order chi connectivity index (χ0) is 13.5. The molecule has 0 aliphatic carbocycles. The van der Waals surface area contributed by atoms with Crippen molar-refractivity contribution in [1.82, 2.24) is 5.32 Å². The third-order valence-corrected chi connectivity index (χ3v) is 3.08. The molecule has 0 aromatic heterocycles. The highest BCUT2D eigenvalue weighted by atomic mass is 16.5. The van der Waals surface area contributed by atoms with Crippen molar-refractivity contribution in [2.24, 2.45) is 0 Å². The summed E-state index contributed by atoms with van der Waals surface area (Å²) in [5, 5.41) is 13.1. The summed E-state index contributed by atoms with van der Waals surface area (Å²) >= 11 is 0. The van der Waals surface area contributed by atoms with Gasteiger partial charge < -0.3 is 15.2 Å². The number of aliphatic hydroxyl groups excluding tert-OH is 1. The largest absolute Gasteiger partial charge is 0.491 e. The summed E-state index contributed by atoms with van der Waals surface area (Å²) in [4.78, 5) is 0. The Kier molecular flexibility index (Phi) is 6.16. The van der Waals surface area contributed by atoms with Gasteiger partial charge in [0.05, 0.1) is 0 Å². The molecule has 0 radical (unpaired) electrons. The number of nitrogens with one attached hydrogen (secondary N) is 1. The molecule has 0 heterocycles. The SMILES string of the molecule is CCC(C)NCC(O)COc1ccc(C)cc1C.